The van der Waals surface area contributed by atoms with Crippen molar-refractivity contribution >= 4 is 11.0 Å². The van der Waals surface area contributed by atoms with E-state index in [0.29, 0.717) is 23.6 Å². The molecule has 0 amide bonds. The minimum Gasteiger partial charge on any atom is -0.505 e. The van der Waals surface area contributed by atoms with Gasteiger partial charge in [0.05, 0.1) is 13.7 Å². The van der Waals surface area contributed by atoms with Crippen LogP contribution in [0.1, 0.15) is 71.1 Å². The second-order valence-electron chi connectivity index (χ2n) is 8.03. The molecule has 0 saturated carbocycles. The van der Waals surface area contributed by atoms with Crippen LogP contribution in [0.25, 0.3) is 16.7 Å². The van der Waals surface area contributed by atoms with Crippen LogP contribution in [0.4, 0.5) is 0 Å². The van der Waals surface area contributed by atoms with Crippen LogP contribution in [0.5, 0.6) is 17.2 Å². The second kappa shape index (κ2) is 12.2. The Morgan fingerprint density at radius 2 is 1.42 bits per heavy atom. The Kier molecular flexibility index (Phi) is 9.00. The van der Waals surface area contributed by atoms with Crippen LogP contribution in [0.15, 0.2) is 36.4 Å². The molecule has 6 nitrogen and oxygen atoms in total. The van der Waals surface area contributed by atoms with E-state index in [-0.39, 0.29) is 5.75 Å². The van der Waals surface area contributed by atoms with Gasteiger partial charge in [0.25, 0.3) is 0 Å². The van der Waals surface area contributed by atoms with Crippen LogP contribution in [0.2, 0.25) is 0 Å². The third-order valence-corrected chi connectivity index (χ3v) is 5.52. The molecule has 0 bridgehead atoms. The van der Waals surface area contributed by atoms with Crippen molar-refractivity contribution in [3.8, 4) is 22.9 Å². The average molecular weight is 426 g/mol. The van der Waals surface area contributed by atoms with E-state index in [1.54, 1.807) is 19.2 Å². The molecule has 1 aromatic heterocycles. The first kappa shape index (κ1) is 22.9. The van der Waals surface area contributed by atoms with E-state index >= 15 is 0 Å². The van der Waals surface area contributed by atoms with Crippen molar-refractivity contribution in [2.24, 2.45) is 0 Å². The maximum absolute atomic E-state index is 10.4. The summed E-state index contributed by atoms with van der Waals surface area (Å²) in [5, 5.41) is 19.3. The average Bonchev–Trinajstić information content (AvgIpc) is 3.20. The van der Waals surface area contributed by atoms with Crippen LogP contribution < -0.4 is 9.47 Å². The van der Waals surface area contributed by atoms with Crippen molar-refractivity contribution in [2.75, 3.05) is 13.7 Å². The quantitative estimate of drug-likeness (QED) is 0.301. The molecule has 0 aliphatic carbocycles. The molecule has 2 aromatic carbocycles. The Labute approximate surface area is 185 Å². The summed E-state index contributed by atoms with van der Waals surface area (Å²) < 4.78 is 11.0. The second-order valence-corrected chi connectivity index (χ2v) is 8.03. The highest BCUT2D eigenvalue weighted by molar-refractivity contribution is 5.75. The standard InChI is InChI=1S/C25H35N3O3/c1-3-4-5-6-7-8-9-10-11-12-17-31-21-14-16-24(25(29)19-21)28-26-22-15-13-20(30-2)18-23(22)27-28/h13-16,18-19,29H,3-12,17H2,1-2H3. The molecule has 1 N–H and O–H groups in total. The molecule has 0 fully saturated rings. The van der Waals surface area contributed by atoms with E-state index in [2.05, 4.69) is 17.1 Å². The number of aromatic nitrogens is 3. The van der Waals surface area contributed by atoms with Gasteiger partial charge in [-0.15, -0.1) is 15.0 Å². The highest BCUT2D eigenvalue weighted by Gasteiger charge is 2.11. The van der Waals surface area contributed by atoms with Gasteiger partial charge < -0.3 is 14.6 Å². The summed E-state index contributed by atoms with van der Waals surface area (Å²) in [5.41, 5.74) is 1.96. The molecular formula is C25H35N3O3. The van der Waals surface area contributed by atoms with E-state index in [9.17, 15) is 5.11 Å². The minimum atomic E-state index is 0.0906. The molecule has 1 heterocycles. The summed E-state index contributed by atoms with van der Waals surface area (Å²) in [6.45, 7) is 2.92. The van der Waals surface area contributed by atoms with Crippen LogP contribution in [0, 0.1) is 0 Å². The molecule has 0 radical (unpaired) electrons. The maximum atomic E-state index is 10.4. The molecule has 168 valence electrons. The highest BCUT2D eigenvalue weighted by Crippen LogP contribution is 2.27. The third-order valence-electron chi connectivity index (χ3n) is 5.52. The smallest absolute Gasteiger partial charge is 0.146 e. The summed E-state index contributed by atoms with van der Waals surface area (Å²) in [4.78, 5) is 1.44. The molecule has 0 spiro atoms. The first-order valence-corrected chi connectivity index (χ1v) is 11.6. The summed E-state index contributed by atoms with van der Waals surface area (Å²) in [7, 11) is 1.62. The number of fused-ring (bicyclic) bond motifs is 1. The monoisotopic (exact) mass is 425 g/mol. The normalized spacial score (nSPS) is 11.2. The molecule has 6 heteroatoms. The Morgan fingerprint density at radius 3 is 2.10 bits per heavy atom. The van der Waals surface area contributed by atoms with E-state index in [4.69, 9.17) is 9.47 Å². The number of aromatic hydroxyl groups is 1. The van der Waals surface area contributed by atoms with Crippen molar-refractivity contribution in [1.29, 1.82) is 0 Å². The fraction of sp³-hybridized carbons (Fsp3) is 0.520. The summed E-state index contributed by atoms with van der Waals surface area (Å²) >= 11 is 0. The summed E-state index contributed by atoms with van der Waals surface area (Å²) in [6.07, 6.45) is 13.0. The zero-order chi connectivity index (χ0) is 21.9. The number of ether oxygens (including phenoxy) is 2. The molecule has 0 aliphatic rings. The van der Waals surface area contributed by atoms with Gasteiger partial charge in [0.2, 0.25) is 0 Å². The van der Waals surface area contributed by atoms with Crippen molar-refractivity contribution < 1.29 is 14.6 Å². The number of unbranched alkanes of at least 4 members (excludes halogenated alkanes) is 9. The number of nitrogens with zero attached hydrogens (tertiary/aromatic N) is 3. The Hall–Kier alpha value is -2.76. The molecule has 0 saturated heterocycles. The number of rotatable bonds is 14. The van der Waals surface area contributed by atoms with Crippen molar-refractivity contribution in [3.63, 3.8) is 0 Å². The Bertz CT molecular complexity index is 939. The molecule has 3 aromatic rings. The third kappa shape index (κ3) is 6.88. The lowest BCUT2D eigenvalue weighted by molar-refractivity contribution is 0.302. The van der Waals surface area contributed by atoms with Crippen LogP contribution in [-0.4, -0.2) is 33.8 Å². The SMILES string of the molecule is CCCCCCCCCCCCOc1ccc(-n2nc3ccc(OC)cc3n2)c(O)c1. The number of hydrogen-bond donors (Lipinski definition) is 1. The molecule has 3 rings (SSSR count). The molecule has 31 heavy (non-hydrogen) atoms. The van der Waals surface area contributed by atoms with Gasteiger partial charge in [-0.05, 0) is 30.7 Å². The zero-order valence-electron chi connectivity index (χ0n) is 18.8. The van der Waals surface area contributed by atoms with Crippen LogP contribution in [-0.2, 0) is 0 Å². The van der Waals surface area contributed by atoms with Gasteiger partial charge in [0, 0.05) is 12.1 Å². The summed E-state index contributed by atoms with van der Waals surface area (Å²) in [6, 6.07) is 10.8. The molecular weight excluding hydrogens is 390 g/mol. The van der Waals surface area contributed by atoms with Crippen molar-refractivity contribution in [1.82, 2.24) is 15.0 Å². The molecule has 0 aliphatic heterocycles. The zero-order valence-corrected chi connectivity index (χ0v) is 18.8. The maximum Gasteiger partial charge on any atom is 0.146 e. The van der Waals surface area contributed by atoms with Gasteiger partial charge in [-0.1, -0.05) is 64.7 Å². The van der Waals surface area contributed by atoms with Crippen LogP contribution in [0.3, 0.4) is 0 Å². The number of hydrogen-bond acceptors (Lipinski definition) is 5. The van der Waals surface area contributed by atoms with E-state index in [1.807, 2.05) is 24.3 Å². The Morgan fingerprint density at radius 1 is 0.774 bits per heavy atom. The predicted octanol–water partition coefficient (Wildman–Crippen LogP) is 6.43. The molecule has 0 unspecified atom stereocenters. The summed E-state index contributed by atoms with van der Waals surface area (Å²) in [5.74, 6) is 1.47. The number of phenolic OH excluding ortho intramolecular Hbond substituents is 1. The topological polar surface area (TPSA) is 69.4 Å². The van der Waals surface area contributed by atoms with Gasteiger partial charge in [0.15, 0.2) is 0 Å². The molecule has 0 atom stereocenters. The minimum absolute atomic E-state index is 0.0906. The van der Waals surface area contributed by atoms with Crippen molar-refractivity contribution in [2.45, 2.75) is 71.1 Å². The lowest BCUT2D eigenvalue weighted by Crippen LogP contribution is -2.01. The van der Waals surface area contributed by atoms with Crippen molar-refractivity contribution in [3.05, 3.63) is 36.4 Å². The lowest BCUT2D eigenvalue weighted by atomic mass is 10.1. The van der Waals surface area contributed by atoms with Gasteiger partial charge in [0.1, 0.15) is 34.0 Å². The Balaban J connectivity index is 1.41. The highest BCUT2D eigenvalue weighted by atomic mass is 16.5. The first-order chi connectivity index (χ1) is 15.2. The largest absolute Gasteiger partial charge is 0.505 e. The van der Waals surface area contributed by atoms with E-state index in [1.165, 1.54) is 62.6 Å². The number of phenols is 1. The number of methoxy groups -OCH3 is 1. The predicted molar refractivity (Wildman–Crippen MR) is 124 cm³/mol. The lowest BCUT2D eigenvalue weighted by Gasteiger charge is -2.09. The first-order valence-electron chi connectivity index (χ1n) is 11.6. The van der Waals surface area contributed by atoms with E-state index in [0.717, 1.165) is 17.7 Å². The van der Waals surface area contributed by atoms with E-state index < -0.39 is 0 Å². The fourth-order valence-electron chi connectivity index (χ4n) is 3.67. The van der Waals surface area contributed by atoms with Gasteiger partial charge in [-0.3, -0.25) is 0 Å². The van der Waals surface area contributed by atoms with Gasteiger partial charge in [-0.2, -0.15) is 0 Å². The number of benzene rings is 2. The van der Waals surface area contributed by atoms with Gasteiger partial charge in [-0.25, -0.2) is 0 Å². The fourth-order valence-corrected chi connectivity index (χ4v) is 3.67. The van der Waals surface area contributed by atoms with Gasteiger partial charge >= 0.3 is 0 Å². The van der Waals surface area contributed by atoms with Crippen LogP contribution >= 0.6 is 0 Å².